The summed E-state index contributed by atoms with van der Waals surface area (Å²) in [6.45, 7) is 4.28. The summed E-state index contributed by atoms with van der Waals surface area (Å²) >= 11 is 0. The molecule has 0 spiro atoms. The number of hydrogen-bond donors (Lipinski definition) is 1. The molecule has 0 rings (SSSR count). The van der Waals surface area contributed by atoms with E-state index >= 15 is 0 Å². The van der Waals surface area contributed by atoms with Crippen molar-refractivity contribution < 1.29 is 4.90 Å². The van der Waals surface area contributed by atoms with Crippen LogP contribution in [0.15, 0.2) is 12.2 Å². The number of nitrogens with zero attached hydrogens (tertiary/aromatic N) is 1. The van der Waals surface area contributed by atoms with E-state index in [-0.39, 0.29) is 0 Å². The summed E-state index contributed by atoms with van der Waals surface area (Å²) in [6.07, 6.45) is 0. The first kappa shape index (κ1) is 7.19. The van der Waals surface area contributed by atoms with Crippen LogP contribution in [0.1, 0.15) is 0 Å². The van der Waals surface area contributed by atoms with E-state index in [1.54, 1.807) is 0 Å². The molecule has 2 heteroatoms. The van der Waals surface area contributed by atoms with Crippen molar-refractivity contribution in [2.24, 2.45) is 0 Å². The molecule has 0 aliphatic heterocycles. The van der Waals surface area contributed by atoms with E-state index in [2.05, 4.69) is 6.58 Å². The summed E-state index contributed by atoms with van der Waals surface area (Å²) < 4.78 is 0. The molecule has 0 aromatic carbocycles. The van der Waals surface area contributed by atoms with Gasteiger partial charge < -0.3 is 4.90 Å². The molecule has 0 saturated carbocycles. The highest BCUT2D eigenvalue weighted by atomic mass is 15.0. The minimum absolute atomic E-state index is 0.644. The van der Waals surface area contributed by atoms with Gasteiger partial charge >= 0.3 is 0 Å². The zero-order valence-electron chi connectivity index (χ0n) is 5.36. The molecule has 8 heavy (non-hydrogen) atoms. The summed E-state index contributed by atoms with van der Waals surface area (Å²) in [5.74, 6) is 0. The van der Waals surface area contributed by atoms with Gasteiger partial charge in [-0.2, -0.15) is 5.26 Å². The van der Waals surface area contributed by atoms with Crippen molar-refractivity contribution in [1.29, 1.82) is 5.26 Å². The number of rotatable bonds is 2. The van der Waals surface area contributed by atoms with Gasteiger partial charge in [-0.3, -0.25) is 0 Å². The second-order valence-corrected chi connectivity index (χ2v) is 2.10. The van der Waals surface area contributed by atoms with Gasteiger partial charge in [0, 0.05) is 0 Å². The Labute approximate surface area is 50.0 Å². The van der Waals surface area contributed by atoms with Crippen LogP contribution in [0.25, 0.3) is 0 Å². The van der Waals surface area contributed by atoms with Crippen LogP contribution in [0, 0.1) is 11.3 Å². The smallest absolute Gasteiger partial charge is 0.112 e. The molecule has 0 heterocycles. The monoisotopic (exact) mass is 111 g/mol. The van der Waals surface area contributed by atoms with E-state index in [9.17, 15) is 0 Å². The van der Waals surface area contributed by atoms with E-state index < -0.39 is 0 Å². The van der Waals surface area contributed by atoms with Gasteiger partial charge in [0.2, 0.25) is 0 Å². The standard InChI is InChI=1S/C6H10N2/c1-6(4-7)5-8(2)3/h1,5H2,2-3H3/p+1. The van der Waals surface area contributed by atoms with Crippen LogP contribution in [0.3, 0.4) is 0 Å². The van der Waals surface area contributed by atoms with Crippen LogP contribution in [0.2, 0.25) is 0 Å². The molecule has 1 N–H and O–H groups in total. The predicted octanol–water partition coefficient (Wildman–Crippen LogP) is -0.789. The number of likely N-dealkylation sites (N-methyl/N-ethyl adjacent to an activating group) is 1. The predicted molar refractivity (Wildman–Crippen MR) is 32.4 cm³/mol. The Balaban J connectivity index is 3.44. The minimum Gasteiger partial charge on any atom is -0.335 e. The van der Waals surface area contributed by atoms with Crippen LogP contribution >= 0.6 is 0 Å². The van der Waals surface area contributed by atoms with E-state index in [0.29, 0.717) is 5.57 Å². The third kappa shape index (κ3) is 3.38. The second-order valence-electron chi connectivity index (χ2n) is 2.10. The van der Waals surface area contributed by atoms with E-state index in [0.717, 1.165) is 6.54 Å². The Kier molecular flexibility index (Phi) is 2.90. The lowest BCUT2D eigenvalue weighted by molar-refractivity contribution is -0.852. The quantitative estimate of drug-likeness (QED) is 0.465. The second kappa shape index (κ2) is 3.23. The maximum Gasteiger partial charge on any atom is 0.112 e. The lowest BCUT2D eigenvalue weighted by Gasteiger charge is -2.02. The van der Waals surface area contributed by atoms with Crippen molar-refractivity contribution in [3.05, 3.63) is 12.2 Å². The number of nitrogens with one attached hydrogen (secondary N) is 1. The third-order valence-electron chi connectivity index (χ3n) is 0.725. The van der Waals surface area contributed by atoms with Gasteiger partial charge in [-0.05, 0) is 0 Å². The maximum absolute atomic E-state index is 8.22. The molecule has 0 aromatic rings. The topological polar surface area (TPSA) is 28.2 Å². The van der Waals surface area contributed by atoms with E-state index in [1.165, 1.54) is 4.90 Å². The van der Waals surface area contributed by atoms with Crippen molar-refractivity contribution in [2.75, 3.05) is 20.6 Å². The summed E-state index contributed by atoms with van der Waals surface area (Å²) in [4.78, 5) is 1.23. The molecule has 0 bridgehead atoms. The molecule has 0 aromatic heterocycles. The highest BCUT2D eigenvalue weighted by molar-refractivity contribution is 5.15. The maximum atomic E-state index is 8.22. The molecule has 0 aliphatic carbocycles. The normalized spacial score (nSPS) is 8.75. The average molecular weight is 111 g/mol. The van der Waals surface area contributed by atoms with Crippen LogP contribution in [-0.2, 0) is 0 Å². The molecule has 0 radical (unpaired) electrons. The van der Waals surface area contributed by atoms with Crippen molar-refractivity contribution in [3.8, 4) is 6.07 Å². The SMILES string of the molecule is C=C(C#N)C[NH+](C)C. The van der Waals surface area contributed by atoms with Gasteiger partial charge in [0.15, 0.2) is 0 Å². The first-order valence-corrected chi connectivity index (χ1v) is 2.53. The molecule has 0 saturated heterocycles. The van der Waals surface area contributed by atoms with Crippen LogP contribution in [-0.4, -0.2) is 20.6 Å². The summed E-state index contributed by atoms with van der Waals surface area (Å²) in [5, 5.41) is 8.22. The Morgan fingerprint density at radius 2 is 2.25 bits per heavy atom. The minimum atomic E-state index is 0.644. The van der Waals surface area contributed by atoms with Crippen molar-refractivity contribution in [3.63, 3.8) is 0 Å². The Bertz CT molecular complexity index is 119. The molecule has 0 amide bonds. The lowest BCUT2D eigenvalue weighted by atomic mass is 10.3. The van der Waals surface area contributed by atoms with Gasteiger partial charge in [0.1, 0.15) is 6.54 Å². The van der Waals surface area contributed by atoms with Crippen molar-refractivity contribution in [1.82, 2.24) is 0 Å². The molecule has 2 nitrogen and oxygen atoms in total. The van der Waals surface area contributed by atoms with Crippen LogP contribution < -0.4 is 4.90 Å². The third-order valence-corrected chi connectivity index (χ3v) is 0.725. The fraction of sp³-hybridized carbons (Fsp3) is 0.500. The summed E-state index contributed by atoms with van der Waals surface area (Å²) in [6, 6.07) is 1.98. The first-order valence-electron chi connectivity index (χ1n) is 2.53. The van der Waals surface area contributed by atoms with Crippen molar-refractivity contribution >= 4 is 0 Å². The highest BCUT2D eigenvalue weighted by Gasteiger charge is 1.94. The molecule has 0 aliphatic rings. The largest absolute Gasteiger partial charge is 0.335 e. The molecular weight excluding hydrogens is 100 g/mol. The molecule has 44 valence electrons. The van der Waals surface area contributed by atoms with Crippen LogP contribution in [0.4, 0.5) is 0 Å². The van der Waals surface area contributed by atoms with Gasteiger partial charge in [-0.25, -0.2) is 0 Å². The van der Waals surface area contributed by atoms with E-state index in [4.69, 9.17) is 5.26 Å². The molecule has 0 atom stereocenters. The van der Waals surface area contributed by atoms with Gasteiger partial charge in [-0.15, -0.1) is 0 Å². The lowest BCUT2D eigenvalue weighted by Crippen LogP contribution is -3.05. The number of quaternary nitrogens is 1. The van der Waals surface area contributed by atoms with Gasteiger partial charge in [0.25, 0.3) is 0 Å². The first-order chi connectivity index (χ1) is 3.66. The molecular formula is C6H11N2+. The average Bonchev–Trinajstić information content (AvgIpc) is 1.65. The Morgan fingerprint density at radius 1 is 1.75 bits per heavy atom. The van der Waals surface area contributed by atoms with Gasteiger partial charge in [0.05, 0.1) is 25.7 Å². The number of nitriles is 1. The number of hydrogen-bond acceptors (Lipinski definition) is 1. The fourth-order valence-corrected chi connectivity index (χ4v) is 0.466. The molecule has 0 fully saturated rings. The van der Waals surface area contributed by atoms with Crippen molar-refractivity contribution in [2.45, 2.75) is 0 Å². The molecule has 0 unspecified atom stereocenters. The zero-order chi connectivity index (χ0) is 6.57. The highest BCUT2D eigenvalue weighted by Crippen LogP contribution is 1.75. The summed E-state index contributed by atoms with van der Waals surface area (Å²) in [7, 11) is 3.98. The summed E-state index contributed by atoms with van der Waals surface area (Å²) in [5.41, 5.74) is 0.644. The zero-order valence-corrected chi connectivity index (χ0v) is 5.36. The Morgan fingerprint density at radius 3 is 2.38 bits per heavy atom. The fourth-order valence-electron chi connectivity index (χ4n) is 0.466. The van der Waals surface area contributed by atoms with Gasteiger partial charge in [-0.1, -0.05) is 6.58 Å². The van der Waals surface area contributed by atoms with Crippen LogP contribution in [0.5, 0.6) is 0 Å². The Hall–Kier alpha value is -0.810. The van der Waals surface area contributed by atoms with E-state index in [1.807, 2.05) is 20.2 Å².